The van der Waals surface area contributed by atoms with Gasteiger partial charge in [-0.05, 0) is 6.07 Å². The highest BCUT2D eigenvalue weighted by molar-refractivity contribution is 6.32. The maximum atomic E-state index is 13.0. The number of nitrogens with zero attached hydrogens (tertiary/aromatic N) is 1. The summed E-state index contributed by atoms with van der Waals surface area (Å²) in [6.07, 6.45) is 0. The molecule has 0 amide bonds. The van der Waals surface area contributed by atoms with Crippen LogP contribution in [0.4, 0.5) is 8.78 Å². The van der Waals surface area contributed by atoms with E-state index in [9.17, 15) is 8.78 Å². The zero-order valence-electron chi connectivity index (χ0n) is 7.83. The second-order valence-corrected chi connectivity index (χ2v) is 3.66. The standard InChI is InChI=1S/C8H8Cl2F2N2O.ClH/c9-5-2-1-4(7(10)14-5)6(13)8(11,12)3-15;/h1-2,6,15H,3,13H2;1H/t6-;/m0./s1. The van der Waals surface area contributed by atoms with E-state index in [1.165, 1.54) is 12.1 Å². The quantitative estimate of drug-likeness (QED) is 0.842. The fourth-order valence-corrected chi connectivity index (χ4v) is 1.44. The van der Waals surface area contributed by atoms with Crippen LogP contribution in [0.2, 0.25) is 10.3 Å². The first-order chi connectivity index (χ1) is 6.88. The molecule has 1 atom stereocenters. The first kappa shape index (κ1) is 15.8. The SMILES string of the molecule is Cl.N[C@@H](c1ccc(Cl)nc1Cl)C(F)(F)CO. The second-order valence-electron chi connectivity index (χ2n) is 2.91. The molecule has 1 aromatic heterocycles. The van der Waals surface area contributed by atoms with E-state index in [1.807, 2.05) is 0 Å². The average Bonchev–Trinajstić information content (AvgIpc) is 2.17. The number of hydrogen-bond acceptors (Lipinski definition) is 3. The molecule has 3 N–H and O–H groups in total. The zero-order chi connectivity index (χ0) is 11.6. The Morgan fingerprint density at radius 1 is 1.44 bits per heavy atom. The number of nitrogens with two attached hydrogens (primary N) is 1. The van der Waals surface area contributed by atoms with Crippen molar-refractivity contribution in [3.8, 4) is 0 Å². The van der Waals surface area contributed by atoms with E-state index in [1.54, 1.807) is 0 Å². The lowest BCUT2D eigenvalue weighted by atomic mass is 10.0. The van der Waals surface area contributed by atoms with Gasteiger partial charge in [0.15, 0.2) is 0 Å². The Hall–Kier alpha value is -0.200. The van der Waals surface area contributed by atoms with Crippen molar-refractivity contribution < 1.29 is 13.9 Å². The molecule has 0 aliphatic carbocycles. The minimum atomic E-state index is -3.45. The predicted octanol–water partition coefficient (Wildman–Crippen LogP) is 2.44. The van der Waals surface area contributed by atoms with Crippen LogP contribution in [0.25, 0.3) is 0 Å². The molecule has 0 saturated carbocycles. The minimum Gasteiger partial charge on any atom is -0.390 e. The van der Waals surface area contributed by atoms with Gasteiger partial charge in [0.05, 0.1) is 6.04 Å². The highest BCUT2D eigenvalue weighted by Gasteiger charge is 2.38. The second kappa shape index (κ2) is 5.93. The summed E-state index contributed by atoms with van der Waals surface area (Å²) in [4.78, 5) is 3.58. The van der Waals surface area contributed by atoms with Gasteiger partial charge in [-0.2, -0.15) is 0 Å². The van der Waals surface area contributed by atoms with Crippen molar-refractivity contribution in [2.24, 2.45) is 5.73 Å². The molecular weight excluding hydrogens is 284 g/mol. The average molecular weight is 294 g/mol. The number of pyridine rings is 1. The molecule has 0 aliphatic heterocycles. The van der Waals surface area contributed by atoms with E-state index < -0.39 is 18.6 Å². The smallest absolute Gasteiger partial charge is 0.289 e. The summed E-state index contributed by atoms with van der Waals surface area (Å²) < 4.78 is 26.0. The number of rotatable bonds is 3. The van der Waals surface area contributed by atoms with Crippen molar-refractivity contribution in [3.05, 3.63) is 28.0 Å². The molecule has 0 unspecified atom stereocenters. The van der Waals surface area contributed by atoms with E-state index in [0.717, 1.165) is 0 Å². The van der Waals surface area contributed by atoms with E-state index in [4.69, 9.17) is 34.0 Å². The zero-order valence-corrected chi connectivity index (χ0v) is 10.2. The Kier molecular flexibility index (Phi) is 5.86. The Labute approximate surface area is 107 Å². The maximum absolute atomic E-state index is 13.0. The molecule has 0 aromatic carbocycles. The van der Waals surface area contributed by atoms with Crippen molar-refractivity contribution in [1.82, 2.24) is 4.98 Å². The fraction of sp³-hybridized carbons (Fsp3) is 0.375. The molecular formula is C8H9Cl3F2N2O. The van der Waals surface area contributed by atoms with Crippen molar-refractivity contribution in [1.29, 1.82) is 0 Å². The minimum absolute atomic E-state index is 0. The third kappa shape index (κ3) is 3.40. The maximum Gasteiger partial charge on any atom is 0.289 e. The topological polar surface area (TPSA) is 59.1 Å². The Morgan fingerprint density at radius 3 is 2.44 bits per heavy atom. The van der Waals surface area contributed by atoms with Crippen LogP contribution in [-0.4, -0.2) is 22.6 Å². The van der Waals surface area contributed by atoms with Gasteiger partial charge in [0.25, 0.3) is 5.92 Å². The number of aromatic nitrogens is 1. The third-order valence-electron chi connectivity index (χ3n) is 1.84. The summed E-state index contributed by atoms with van der Waals surface area (Å²) in [6.45, 7) is -1.35. The third-order valence-corrected chi connectivity index (χ3v) is 2.36. The molecule has 16 heavy (non-hydrogen) atoms. The van der Waals surface area contributed by atoms with Crippen molar-refractivity contribution in [2.45, 2.75) is 12.0 Å². The van der Waals surface area contributed by atoms with Gasteiger partial charge in [-0.25, -0.2) is 13.8 Å². The summed E-state index contributed by atoms with van der Waals surface area (Å²) in [7, 11) is 0. The van der Waals surface area contributed by atoms with E-state index in [0.29, 0.717) is 0 Å². The first-order valence-corrected chi connectivity index (χ1v) is 4.70. The van der Waals surface area contributed by atoms with Crippen molar-refractivity contribution in [2.75, 3.05) is 6.61 Å². The first-order valence-electron chi connectivity index (χ1n) is 3.94. The molecule has 8 heteroatoms. The molecule has 1 aromatic rings. The van der Waals surface area contributed by atoms with Crippen LogP contribution in [-0.2, 0) is 0 Å². The molecule has 0 aliphatic rings. The predicted molar refractivity (Wildman–Crippen MR) is 60.5 cm³/mol. The lowest BCUT2D eigenvalue weighted by Gasteiger charge is -2.22. The highest BCUT2D eigenvalue weighted by Crippen LogP contribution is 2.32. The molecule has 3 nitrogen and oxygen atoms in total. The summed E-state index contributed by atoms with van der Waals surface area (Å²) in [5, 5.41) is 8.35. The summed E-state index contributed by atoms with van der Waals surface area (Å²) in [5.74, 6) is -3.45. The van der Waals surface area contributed by atoms with E-state index in [2.05, 4.69) is 4.98 Å². The van der Waals surface area contributed by atoms with Gasteiger partial charge in [-0.3, -0.25) is 0 Å². The van der Waals surface area contributed by atoms with Crippen LogP contribution < -0.4 is 5.73 Å². The Bertz CT molecular complexity index is 365. The van der Waals surface area contributed by atoms with Crippen LogP contribution >= 0.6 is 35.6 Å². The number of aliphatic hydroxyl groups is 1. The number of halogens is 5. The monoisotopic (exact) mass is 292 g/mol. The highest BCUT2D eigenvalue weighted by atomic mass is 35.5. The number of alkyl halides is 2. The van der Waals surface area contributed by atoms with Crippen LogP contribution in [0, 0.1) is 0 Å². The van der Waals surface area contributed by atoms with Crippen LogP contribution in [0.3, 0.4) is 0 Å². The van der Waals surface area contributed by atoms with Crippen molar-refractivity contribution in [3.63, 3.8) is 0 Å². The van der Waals surface area contributed by atoms with Crippen LogP contribution in [0.1, 0.15) is 11.6 Å². The molecule has 1 heterocycles. The van der Waals surface area contributed by atoms with Gasteiger partial charge in [0.1, 0.15) is 16.9 Å². The molecule has 0 fully saturated rings. The fourth-order valence-electron chi connectivity index (χ4n) is 0.981. The molecule has 0 spiro atoms. The van der Waals surface area contributed by atoms with Gasteiger partial charge in [0.2, 0.25) is 0 Å². The normalized spacial score (nSPS) is 13.1. The van der Waals surface area contributed by atoms with Gasteiger partial charge in [-0.15, -0.1) is 12.4 Å². The summed E-state index contributed by atoms with van der Waals surface area (Å²) in [6, 6.07) is 0.849. The number of aliphatic hydroxyl groups excluding tert-OH is 1. The van der Waals surface area contributed by atoms with Crippen molar-refractivity contribution >= 4 is 35.6 Å². The molecule has 0 radical (unpaired) electrons. The van der Waals surface area contributed by atoms with Crippen LogP contribution in [0.5, 0.6) is 0 Å². The largest absolute Gasteiger partial charge is 0.390 e. The van der Waals surface area contributed by atoms with Gasteiger partial charge >= 0.3 is 0 Å². The van der Waals surface area contributed by atoms with E-state index in [-0.39, 0.29) is 28.3 Å². The summed E-state index contributed by atoms with van der Waals surface area (Å²) >= 11 is 11.1. The summed E-state index contributed by atoms with van der Waals surface area (Å²) in [5.41, 5.74) is 5.20. The number of hydrogen-bond donors (Lipinski definition) is 2. The Balaban J connectivity index is 0.00000225. The lowest BCUT2D eigenvalue weighted by molar-refractivity contribution is -0.0712. The molecule has 1 rings (SSSR count). The van der Waals surface area contributed by atoms with Gasteiger partial charge in [0, 0.05) is 5.56 Å². The van der Waals surface area contributed by atoms with E-state index >= 15 is 0 Å². The van der Waals surface area contributed by atoms with Gasteiger partial charge in [-0.1, -0.05) is 29.3 Å². The Morgan fingerprint density at radius 2 is 2.00 bits per heavy atom. The van der Waals surface area contributed by atoms with Gasteiger partial charge < -0.3 is 10.8 Å². The van der Waals surface area contributed by atoms with Crippen LogP contribution in [0.15, 0.2) is 12.1 Å². The molecule has 92 valence electrons. The lowest BCUT2D eigenvalue weighted by Crippen LogP contribution is -2.36. The molecule has 0 saturated heterocycles. The molecule has 0 bridgehead atoms.